The van der Waals surface area contributed by atoms with Gasteiger partial charge in [0.15, 0.2) is 0 Å². The number of nitrogens with zero attached hydrogens (tertiary/aromatic N) is 3. The highest BCUT2D eigenvalue weighted by atomic mass is 35.5. The zero-order chi connectivity index (χ0) is 27.3. The number of carbonyl (C=O) groups excluding carboxylic acids is 1. The molecule has 8 nitrogen and oxygen atoms in total. The van der Waals surface area contributed by atoms with Gasteiger partial charge in [-0.25, -0.2) is 8.42 Å². The highest BCUT2D eigenvalue weighted by Crippen LogP contribution is 2.34. The molecule has 0 radical (unpaired) electrons. The maximum Gasteiger partial charge on any atom is 0.264 e. The van der Waals surface area contributed by atoms with Crippen LogP contribution in [-0.2, 0) is 14.8 Å². The fraction of sp³-hybridized carbons (Fsp3) is 0.250. The van der Waals surface area contributed by atoms with Crippen LogP contribution in [0.1, 0.15) is 5.56 Å². The van der Waals surface area contributed by atoms with E-state index in [4.69, 9.17) is 21.1 Å². The van der Waals surface area contributed by atoms with Gasteiger partial charge in [-0.3, -0.25) is 9.10 Å². The largest absolute Gasteiger partial charge is 0.497 e. The van der Waals surface area contributed by atoms with Crippen LogP contribution in [0.2, 0.25) is 5.02 Å². The van der Waals surface area contributed by atoms with Crippen molar-refractivity contribution in [2.45, 2.75) is 4.90 Å². The molecule has 3 aromatic rings. The quantitative estimate of drug-likeness (QED) is 0.380. The van der Waals surface area contributed by atoms with Crippen LogP contribution in [0.15, 0.2) is 77.7 Å². The lowest BCUT2D eigenvalue weighted by Crippen LogP contribution is -2.48. The molecule has 3 aromatic carbocycles. The van der Waals surface area contributed by atoms with Gasteiger partial charge in [0, 0.05) is 44.3 Å². The van der Waals surface area contributed by atoms with Crippen LogP contribution in [0.3, 0.4) is 0 Å². The van der Waals surface area contributed by atoms with E-state index < -0.39 is 10.0 Å². The molecule has 0 atom stereocenters. The zero-order valence-electron chi connectivity index (χ0n) is 21.5. The van der Waals surface area contributed by atoms with Crippen molar-refractivity contribution in [1.29, 1.82) is 0 Å². The number of piperazine rings is 1. The molecule has 1 aliphatic rings. The van der Waals surface area contributed by atoms with Gasteiger partial charge in [-0.2, -0.15) is 0 Å². The zero-order valence-corrected chi connectivity index (χ0v) is 23.1. The van der Waals surface area contributed by atoms with Gasteiger partial charge >= 0.3 is 0 Å². The summed E-state index contributed by atoms with van der Waals surface area (Å²) in [6.45, 7) is 2.02. The summed E-state index contributed by atoms with van der Waals surface area (Å²) < 4.78 is 38.8. The fourth-order valence-electron chi connectivity index (χ4n) is 4.21. The van der Waals surface area contributed by atoms with Gasteiger partial charge in [-0.1, -0.05) is 29.8 Å². The van der Waals surface area contributed by atoms with E-state index in [-0.39, 0.29) is 10.8 Å². The molecule has 4 rings (SSSR count). The van der Waals surface area contributed by atoms with Gasteiger partial charge in [0.25, 0.3) is 10.0 Å². The third-order valence-electron chi connectivity index (χ3n) is 6.49. The number of methoxy groups -OCH3 is 2. The molecule has 1 aliphatic heterocycles. The summed E-state index contributed by atoms with van der Waals surface area (Å²) in [7, 11) is 0.791. The summed E-state index contributed by atoms with van der Waals surface area (Å²) in [5.41, 5.74) is 1.96. The van der Waals surface area contributed by atoms with E-state index in [0.29, 0.717) is 54.1 Å². The number of hydrogen-bond donors (Lipinski definition) is 0. The monoisotopic (exact) mass is 555 g/mol. The number of benzene rings is 3. The first-order chi connectivity index (χ1) is 18.2. The van der Waals surface area contributed by atoms with Crippen molar-refractivity contribution in [3.63, 3.8) is 0 Å². The van der Waals surface area contributed by atoms with E-state index in [1.165, 1.54) is 23.5 Å². The summed E-state index contributed by atoms with van der Waals surface area (Å²) in [6.07, 6.45) is 3.24. The minimum absolute atomic E-state index is 0.103. The average molecular weight is 556 g/mol. The number of sulfonamides is 1. The third kappa shape index (κ3) is 5.89. The number of amides is 1. The molecule has 200 valence electrons. The number of anilines is 2. The third-order valence-corrected chi connectivity index (χ3v) is 8.61. The van der Waals surface area contributed by atoms with Gasteiger partial charge in [-0.05, 0) is 60.2 Å². The number of carbonyl (C=O) groups is 1. The maximum absolute atomic E-state index is 13.4. The van der Waals surface area contributed by atoms with Crippen LogP contribution in [0.25, 0.3) is 6.08 Å². The van der Waals surface area contributed by atoms with Crippen LogP contribution >= 0.6 is 11.6 Å². The minimum Gasteiger partial charge on any atom is -0.497 e. The minimum atomic E-state index is -3.83. The predicted octanol–water partition coefficient (Wildman–Crippen LogP) is 4.54. The molecule has 1 fully saturated rings. The number of ether oxygens (including phenoxy) is 2. The SMILES string of the molecule is COc1ccc(N(C)S(=O)(=O)c2ccc(OC)c(N3CCN(C(=O)C=Cc4ccccc4Cl)CC3)c2)cc1. The van der Waals surface area contributed by atoms with E-state index in [0.717, 1.165) is 5.56 Å². The first-order valence-corrected chi connectivity index (χ1v) is 13.8. The Hall–Kier alpha value is -3.69. The highest BCUT2D eigenvalue weighted by molar-refractivity contribution is 7.92. The molecule has 0 saturated carbocycles. The molecule has 1 saturated heterocycles. The molecule has 1 amide bonds. The van der Waals surface area contributed by atoms with Crippen molar-refractivity contribution in [3.8, 4) is 11.5 Å². The standard InChI is InChI=1S/C28H30ClN3O5S/c1-30(22-9-11-23(36-2)12-10-22)38(34,35)24-13-14-27(37-3)26(20-24)31-16-18-32(19-17-31)28(33)15-8-21-6-4-5-7-25(21)29/h4-15,20H,16-19H2,1-3H3. The molecule has 10 heteroatoms. The van der Waals surface area contributed by atoms with E-state index in [9.17, 15) is 13.2 Å². The summed E-state index contributed by atoms with van der Waals surface area (Å²) in [5.74, 6) is 1.10. The van der Waals surface area contributed by atoms with Gasteiger partial charge < -0.3 is 19.3 Å². The first-order valence-electron chi connectivity index (χ1n) is 12.0. The van der Waals surface area contributed by atoms with Crippen molar-refractivity contribution in [3.05, 3.63) is 83.4 Å². The summed E-state index contributed by atoms with van der Waals surface area (Å²) in [6, 6.07) is 19.0. The lowest BCUT2D eigenvalue weighted by Gasteiger charge is -2.36. The van der Waals surface area contributed by atoms with E-state index in [1.54, 1.807) is 67.7 Å². The maximum atomic E-state index is 13.4. The highest BCUT2D eigenvalue weighted by Gasteiger charge is 2.26. The lowest BCUT2D eigenvalue weighted by atomic mass is 10.2. The molecular formula is C28H30ClN3O5S. The Morgan fingerprint density at radius 2 is 1.63 bits per heavy atom. The van der Waals surface area contributed by atoms with Crippen molar-refractivity contribution < 1.29 is 22.7 Å². The van der Waals surface area contributed by atoms with Crippen LogP contribution in [0.4, 0.5) is 11.4 Å². The van der Waals surface area contributed by atoms with E-state index in [1.807, 2.05) is 23.1 Å². The van der Waals surface area contributed by atoms with Crippen LogP contribution in [0.5, 0.6) is 11.5 Å². The van der Waals surface area contributed by atoms with Gasteiger partial charge in [-0.15, -0.1) is 0 Å². The van der Waals surface area contributed by atoms with Gasteiger partial charge in [0.1, 0.15) is 11.5 Å². The Balaban J connectivity index is 1.49. The molecule has 0 bridgehead atoms. The Labute approximate surface area is 228 Å². The van der Waals surface area contributed by atoms with Crippen molar-refractivity contribution in [2.24, 2.45) is 0 Å². The number of rotatable bonds is 8. The van der Waals surface area contributed by atoms with Crippen molar-refractivity contribution in [2.75, 3.05) is 56.7 Å². The van der Waals surface area contributed by atoms with Crippen molar-refractivity contribution in [1.82, 2.24) is 4.90 Å². The lowest BCUT2D eigenvalue weighted by molar-refractivity contribution is -0.126. The molecule has 0 aromatic heterocycles. The normalized spacial score (nSPS) is 14.0. The summed E-state index contributed by atoms with van der Waals surface area (Å²) >= 11 is 6.17. The van der Waals surface area contributed by atoms with E-state index >= 15 is 0 Å². The molecule has 38 heavy (non-hydrogen) atoms. The molecule has 0 aliphatic carbocycles. The Morgan fingerprint density at radius 3 is 2.26 bits per heavy atom. The van der Waals surface area contributed by atoms with Crippen molar-refractivity contribution >= 4 is 45.0 Å². The summed E-state index contributed by atoms with van der Waals surface area (Å²) in [5, 5.41) is 0.584. The number of halogens is 1. The van der Waals surface area contributed by atoms with Gasteiger partial charge in [0.05, 0.1) is 30.5 Å². The number of hydrogen-bond acceptors (Lipinski definition) is 6. The van der Waals surface area contributed by atoms with Gasteiger partial charge in [0.2, 0.25) is 5.91 Å². The molecule has 1 heterocycles. The molecule has 0 N–H and O–H groups in total. The average Bonchev–Trinajstić information content (AvgIpc) is 2.96. The smallest absolute Gasteiger partial charge is 0.264 e. The van der Waals surface area contributed by atoms with E-state index in [2.05, 4.69) is 0 Å². The van der Waals surface area contributed by atoms with Crippen LogP contribution in [-0.4, -0.2) is 66.7 Å². The Kier molecular flexibility index (Phi) is 8.48. The van der Waals surface area contributed by atoms with Crippen LogP contribution < -0.4 is 18.7 Å². The topological polar surface area (TPSA) is 79.4 Å². The molecule has 0 unspecified atom stereocenters. The second-order valence-electron chi connectivity index (χ2n) is 8.67. The molecule has 0 spiro atoms. The predicted molar refractivity (Wildman–Crippen MR) is 151 cm³/mol. The first kappa shape index (κ1) is 27.3. The summed E-state index contributed by atoms with van der Waals surface area (Å²) in [4.78, 5) is 16.7. The van der Waals surface area contributed by atoms with Crippen LogP contribution in [0, 0.1) is 0 Å². The Morgan fingerprint density at radius 1 is 0.947 bits per heavy atom. The second kappa shape index (κ2) is 11.8. The molecular weight excluding hydrogens is 526 g/mol. The second-order valence-corrected chi connectivity index (χ2v) is 11.0. The fourth-order valence-corrected chi connectivity index (χ4v) is 5.63. The Bertz CT molecular complexity index is 1420.